The number of imidazole rings is 1. The molecule has 0 aliphatic carbocycles. The zero-order valence-corrected chi connectivity index (χ0v) is 14.9. The van der Waals surface area contributed by atoms with Crippen LogP contribution < -0.4 is 5.32 Å². The minimum absolute atomic E-state index is 0.0259. The highest BCUT2D eigenvalue weighted by molar-refractivity contribution is 5.84. The molecule has 0 radical (unpaired) electrons. The van der Waals surface area contributed by atoms with Gasteiger partial charge in [0, 0.05) is 18.7 Å². The summed E-state index contributed by atoms with van der Waals surface area (Å²) in [5.74, 6) is 0.785. The Labute approximate surface area is 153 Å². The van der Waals surface area contributed by atoms with Crippen molar-refractivity contribution in [2.75, 3.05) is 13.2 Å². The summed E-state index contributed by atoms with van der Waals surface area (Å²) in [6.45, 7) is 3.61. The Morgan fingerprint density at radius 2 is 1.96 bits per heavy atom. The zero-order valence-electron chi connectivity index (χ0n) is 14.9. The molecule has 2 heterocycles. The molecule has 5 heteroatoms. The number of ether oxygens (including phenoxy) is 1. The molecule has 1 aromatic heterocycles. The molecule has 5 nitrogen and oxygen atoms in total. The molecule has 2 aromatic carbocycles. The molecule has 1 amide bonds. The van der Waals surface area contributed by atoms with Crippen molar-refractivity contribution in [3.63, 3.8) is 0 Å². The first-order valence-electron chi connectivity index (χ1n) is 9.06. The van der Waals surface area contributed by atoms with E-state index in [1.165, 1.54) is 0 Å². The number of hydrogen-bond donors (Lipinski definition) is 1. The summed E-state index contributed by atoms with van der Waals surface area (Å²) in [5.41, 5.74) is 2.62. The van der Waals surface area contributed by atoms with Crippen molar-refractivity contribution >= 4 is 16.9 Å². The summed E-state index contributed by atoms with van der Waals surface area (Å²) in [4.78, 5) is 17.4. The number of nitrogens with one attached hydrogen (secondary N) is 1. The van der Waals surface area contributed by atoms with Gasteiger partial charge in [0.05, 0.1) is 16.6 Å². The van der Waals surface area contributed by atoms with E-state index in [0.717, 1.165) is 41.9 Å². The Balaban J connectivity index is 1.59. The SMILES string of the molecule is CC1(CNC(=O)Cn2c(-c3ccccc3)nc3ccccc32)CCCO1. The Morgan fingerprint density at radius 3 is 2.73 bits per heavy atom. The van der Waals surface area contributed by atoms with Crippen molar-refractivity contribution in [3.8, 4) is 11.4 Å². The van der Waals surface area contributed by atoms with Crippen molar-refractivity contribution in [2.24, 2.45) is 0 Å². The number of aromatic nitrogens is 2. The van der Waals surface area contributed by atoms with Crippen LogP contribution in [0.5, 0.6) is 0 Å². The number of nitrogens with zero attached hydrogens (tertiary/aromatic N) is 2. The Bertz CT molecular complexity index is 911. The second-order valence-corrected chi connectivity index (χ2v) is 7.05. The third kappa shape index (κ3) is 3.35. The lowest BCUT2D eigenvalue weighted by Crippen LogP contribution is -2.41. The summed E-state index contributed by atoms with van der Waals surface area (Å²) >= 11 is 0. The average molecular weight is 349 g/mol. The average Bonchev–Trinajstić information content (AvgIpc) is 3.26. The minimum atomic E-state index is -0.241. The highest BCUT2D eigenvalue weighted by atomic mass is 16.5. The predicted octanol–water partition coefficient (Wildman–Crippen LogP) is 3.39. The van der Waals surface area contributed by atoms with Crippen LogP contribution in [0.15, 0.2) is 54.6 Å². The van der Waals surface area contributed by atoms with Gasteiger partial charge >= 0.3 is 0 Å². The normalized spacial score (nSPS) is 19.7. The van der Waals surface area contributed by atoms with Gasteiger partial charge in [0.1, 0.15) is 12.4 Å². The number of carbonyl (C=O) groups excluding carboxylic acids is 1. The molecule has 1 N–H and O–H groups in total. The second kappa shape index (κ2) is 6.92. The van der Waals surface area contributed by atoms with Crippen LogP contribution in [0.4, 0.5) is 0 Å². The van der Waals surface area contributed by atoms with Crippen molar-refractivity contribution in [1.29, 1.82) is 0 Å². The van der Waals surface area contributed by atoms with Gasteiger partial charge in [0.25, 0.3) is 0 Å². The highest BCUT2D eigenvalue weighted by Crippen LogP contribution is 2.25. The monoisotopic (exact) mass is 349 g/mol. The van der Waals surface area contributed by atoms with Gasteiger partial charge in [0.15, 0.2) is 0 Å². The van der Waals surface area contributed by atoms with E-state index in [9.17, 15) is 4.79 Å². The van der Waals surface area contributed by atoms with E-state index >= 15 is 0 Å². The maximum absolute atomic E-state index is 12.6. The molecule has 1 aliphatic rings. The zero-order chi connectivity index (χ0) is 18.0. The number of fused-ring (bicyclic) bond motifs is 1. The van der Waals surface area contributed by atoms with E-state index in [-0.39, 0.29) is 18.1 Å². The van der Waals surface area contributed by atoms with E-state index in [1.807, 2.05) is 59.2 Å². The summed E-state index contributed by atoms with van der Waals surface area (Å²) in [6, 6.07) is 17.9. The maximum Gasteiger partial charge on any atom is 0.240 e. The smallest absolute Gasteiger partial charge is 0.240 e. The molecule has 1 aliphatic heterocycles. The van der Waals surface area contributed by atoms with E-state index in [4.69, 9.17) is 9.72 Å². The summed E-state index contributed by atoms with van der Waals surface area (Å²) in [5, 5.41) is 3.03. The first kappa shape index (κ1) is 16.8. The number of hydrogen-bond acceptors (Lipinski definition) is 3. The van der Waals surface area contributed by atoms with Crippen LogP contribution in [0.1, 0.15) is 19.8 Å². The fourth-order valence-corrected chi connectivity index (χ4v) is 3.50. The van der Waals surface area contributed by atoms with Crippen LogP contribution in [-0.4, -0.2) is 34.2 Å². The van der Waals surface area contributed by atoms with Gasteiger partial charge in [-0.3, -0.25) is 4.79 Å². The van der Waals surface area contributed by atoms with Crippen molar-refractivity contribution in [3.05, 3.63) is 54.6 Å². The van der Waals surface area contributed by atoms with E-state index in [1.54, 1.807) is 0 Å². The third-order valence-electron chi connectivity index (χ3n) is 4.95. The van der Waals surface area contributed by atoms with Crippen LogP contribution in [0.25, 0.3) is 22.4 Å². The first-order valence-corrected chi connectivity index (χ1v) is 9.06. The molecule has 1 atom stereocenters. The number of benzene rings is 2. The first-order chi connectivity index (χ1) is 12.6. The minimum Gasteiger partial charge on any atom is -0.373 e. The van der Waals surface area contributed by atoms with E-state index < -0.39 is 0 Å². The number of rotatable bonds is 5. The van der Waals surface area contributed by atoms with E-state index in [2.05, 4.69) is 12.2 Å². The molecule has 1 unspecified atom stereocenters. The summed E-state index contributed by atoms with van der Waals surface area (Å²) in [6.07, 6.45) is 2.03. The number of carbonyl (C=O) groups is 1. The quantitative estimate of drug-likeness (QED) is 0.768. The molecule has 26 heavy (non-hydrogen) atoms. The fourth-order valence-electron chi connectivity index (χ4n) is 3.50. The van der Waals surface area contributed by atoms with Gasteiger partial charge < -0.3 is 14.6 Å². The largest absolute Gasteiger partial charge is 0.373 e. The standard InChI is InChI=1S/C21H23N3O2/c1-21(12-7-13-26-21)15-22-19(25)14-24-18-11-6-5-10-17(18)23-20(24)16-8-3-2-4-9-16/h2-6,8-11H,7,12-15H2,1H3,(H,22,25). The predicted molar refractivity (Wildman–Crippen MR) is 102 cm³/mol. The lowest BCUT2D eigenvalue weighted by Gasteiger charge is -2.23. The molecule has 0 bridgehead atoms. The summed E-state index contributed by atoms with van der Waals surface area (Å²) in [7, 11) is 0. The molecule has 1 saturated heterocycles. The van der Waals surface area contributed by atoms with Gasteiger partial charge in [-0.15, -0.1) is 0 Å². The lowest BCUT2D eigenvalue weighted by atomic mass is 10.0. The molecule has 0 spiro atoms. The molecule has 3 aromatic rings. The highest BCUT2D eigenvalue weighted by Gasteiger charge is 2.30. The molecule has 134 valence electrons. The summed E-state index contributed by atoms with van der Waals surface area (Å²) < 4.78 is 7.74. The van der Waals surface area contributed by atoms with Gasteiger partial charge in [0.2, 0.25) is 5.91 Å². The fraction of sp³-hybridized carbons (Fsp3) is 0.333. The van der Waals surface area contributed by atoms with Crippen molar-refractivity contribution in [2.45, 2.75) is 31.9 Å². The topological polar surface area (TPSA) is 56.2 Å². The third-order valence-corrected chi connectivity index (χ3v) is 4.95. The van der Waals surface area contributed by atoms with Gasteiger partial charge in [-0.2, -0.15) is 0 Å². The molecular formula is C21H23N3O2. The second-order valence-electron chi connectivity index (χ2n) is 7.05. The van der Waals surface area contributed by atoms with Crippen LogP contribution in [-0.2, 0) is 16.1 Å². The van der Waals surface area contributed by atoms with Crippen LogP contribution in [0, 0.1) is 0 Å². The molecule has 1 fully saturated rings. The van der Waals surface area contributed by atoms with Gasteiger partial charge in [-0.1, -0.05) is 42.5 Å². The van der Waals surface area contributed by atoms with Gasteiger partial charge in [-0.25, -0.2) is 4.98 Å². The van der Waals surface area contributed by atoms with Crippen molar-refractivity contribution < 1.29 is 9.53 Å². The Hall–Kier alpha value is -2.66. The Kier molecular flexibility index (Phi) is 4.47. The molecular weight excluding hydrogens is 326 g/mol. The molecule has 0 saturated carbocycles. The molecule has 4 rings (SSSR count). The van der Waals surface area contributed by atoms with Crippen LogP contribution in [0.3, 0.4) is 0 Å². The lowest BCUT2D eigenvalue weighted by molar-refractivity contribution is -0.122. The number of amides is 1. The Morgan fingerprint density at radius 1 is 1.19 bits per heavy atom. The van der Waals surface area contributed by atoms with E-state index in [0.29, 0.717) is 6.54 Å². The number of para-hydroxylation sites is 2. The van der Waals surface area contributed by atoms with Gasteiger partial charge in [-0.05, 0) is 31.9 Å². The van der Waals surface area contributed by atoms with Crippen LogP contribution >= 0.6 is 0 Å². The maximum atomic E-state index is 12.6. The van der Waals surface area contributed by atoms with Crippen LogP contribution in [0.2, 0.25) is 0 Å². The van der Waals surface area contributed by atoms with Crippen molar-refractivity contribution in [1.82, 2.24) is 14.9 Å².